The highest BCUT2D eigenvalue weighted by molar-refractivity contribution is 5.97. The van der Waals surface area contributed by atoms with Crippen LogP contribution in [-0.2, 0) is 9.53 Å². The molecule has 0 bridgehead atoms. The number of hydrogen-bond donors (Lipinski definition) is 1. The molecule has 1 aromatic heterocycles. The molecule has 5 heteroatoms. The number of aliphatic carboxylic acids is 1. The molecule has 0 radical (unpaired) electrons. The first-order valence-electron chi connectivity index (χ1n) is 13.0. The minimum atomic E-state index is -1.04. The quantitative estimate of drug-likeness (QED) is 0.342. The molecular formula is C29H38NO4-. The minimum absolute atomic E-state index is 0.0188. The molecule has 0 aromatic carbocycles. The van der Waals surface area contributed by atoms with Gasteiger partial charge in [0.15, 0.2) is 5.78 Å². The van der Waals surface area contributed by atoms with Crippen LogP contribution in [0.5, 0.6) is 0 Å². The van der Waals surface area contributed by atoms with E-state index in [1.54, 1.807) is 6.92 Å². The van der Waals surface area contributed by atoms with Crippen LogP contribution in [0.3, 0.4) is 0 Å². The van der Waals surface area contributed by atoms with Crippen molar-refractivity contribution in [1.29, 1.82) is 0 Å². The number of allylic oxidation sites excluding steroid dienone is 5. The predicted molar refractivity (Wildman–Crippen MR) is 131 cm³/mol. The van der Waals surface area contributed by atoms with Gasteiger partial charge in [0.25, 0.3) is 0 Å². The summed E-state index contributed by atoms with van der Waals surface area (Å²) in [4.78, 5) is 27.8. The number of aromatic nitrogens is 1. The van der Waals surface area contributed by atoms with Crippen molar-refractivity contribution < 1.29 is 19.4 Å². The fourth-order valence-corrected chi connectivity index (χ4v) is 6.37. The molecular weight excluding hydrogens is 426 g/mol. The smallest absolute Gasteiger partial charge is 0.183 e. The number of carboxylic acid groups (broad SMARTS) is 1. The molecule has 1 aliphatic heterocycles. The number of carbonyl (C=O) groups excluding carboxylic acids is 2. The van der Waals surface area contributed by atoms with Gasteiger partial charge in [0.2, 0.25) is 0 Å². The maximum Gasteiger partial charge on any atom is 0.183 e. The number of ketones is 1. The van der Waals surface area contributed by atoms with Crippen molar-refractivity contribution in [2.75, 3.05) is 6.61 Å². The summed E-state index contributed by atoms with van der Waals surface area (Å²) in [5, 5.41) is 11.2. The number of Topliss-reactive ketones (excluding diaryl/α,β-unsaturated/α-hetero) is 1. The van der Waals surface area contributed by atoms with Gasteiger partial charge in [-0.3, -0.25) is 4.79 Å². The van der Waals surface area contributed by atoms with Crippen molar-refractivity contribution in [1.82, 2.24) is 4.98 Å². The van der Waals surface area contributed by atoms with E-state index in [2.05, 4.69) is 49.2 Å². The van der Waals surface area contributed by atoms with E-state index < -0.39 is 11.9 Å². The number of carbonyl (C=O) groups is 2. The molecule has 184 valence electrons. The van der Waals surface area contributed by atoms with E-state index in [9.17, 15) is 14.7 Å². The molecule has 2 heterocycles. The molecule has 4 rings (SSSR count). The van der Waals surface area contributed by atoms with E-state index in [0.717, 1.165) is 19.3 Å². The van der Waals surface area contributed by atoms with Crippen LogP contribution in [0.2, 0.25) is 0 Å². The number of H-pyrrole nitrogens is 1. The Kier molecular flexibility index (Phi) is 7.92. The van der Waals surface area contributed by atoms with Crippen LogP contribution in [0.1, 0.15) is 63.4 Å². The third kappa shape index (κ3) is 5.14. The Hall–Kier alpha value is -2.40. The lowest BCUT2D eigenvalue weighted by Gasteiger charge is -2.38. The molecule has 1 aromatic rings. The molecule has 2 aliphatic carbocycles. The Labute approximate surface area is 203 Å². The molecule has 1 N–H and O–H groups in total. The summed E-state index contributed by atoms with van der Waals surface area (Å²) in [6.07, 6.45) is 17.8. The number of fused-ring (bicyclic) bond motifs is 1. The van der Waals surface area contributed by atoms with Crippen molar-refractivity contribution in [2.45, 2.75) is 59.0 Å². The second-order valence-electron chi connectivity index (χ2n) is 10.5. The van der Waals surface area contributed by atoms with Crippen LogP contribution >= 0.6 is 0 Å². The van der Waals surface area contributed by atoms with Crippen molar-refractivity contribution in [2.24, 2.45) is 41.4 Å². The van der Waals surface area contributed by atoms with Crippen LogP contribution in [0.25, 0.3) is 0 Å². The van der Waals surface area contributed by atoms with E-state index >= 15 is 0 Å². The monoisotopic (exact) mass is 464 g/mol. The Morgan fingerprint density at radius 1 is 1.29 bits per heavy atom. The first-order valence-corrected chi connectivity index (χ1v) is 13.0. The van der Waals surface area contributed by atoms with E-state index in [4.69, 9.17) is 4.74 Å². The molecule has 3 aliphatic rings. The van der Waals surface area contributed by atoms with Gasteiger partial charge >= 0.3 is 0 Å². The Balaban J connectivity index is 1.48. The summed E-state index contributed by atoms with van der Waals surface area (Å²) < 4.78 is 5.96. The highest BCUT2D eigenvalue weighted by Gasteiger charge is 2.42. The zero-order valence-electron chi connectivity index (χ0n) is 20.6. The van der Waals surface area contributed by atoms with Crippen LogP contribution in [-0.4, -0.2) is 29.4 Å². The lowest BCUT2D eigenvalue weighted by atomic mass is 9.69. The normalized spacial score (nSPS) is 34.8. The van der Waals surface area contributed by atoms with Crippen molar-refractivity contribution >= 4 is 11.8 Å². The van der Waals surface area contributed by atoms with Crippen LogP contribution < -0.4 is 5.11 Å². The SMILES string of the molecule is CC/C(=C\C=C\C1C=CC2CCCC2C1C(=O)c1ccc[nH]1)C1COC(C(C)C(=O)[O-])CC1C. The lowest BCUT2D eigenvalue weighted by Crippen LogP contribution is -2.43. The van der Waals surface area contributed by atoms with E-state index in [0.29, 0.717) is 30.1 Å². The maximum atomic E-state index is 13.4. The Morgan fingerprint density at radius 2 is 2.12 bits per heavy atom. The number of rotatable bonds is 8. The summed E-state index contributed by atoms with van der Waals surface area (Å²) in [5.41, 5.74) is 2.02. The summed E-state index contributed by atoms with van der Waals surface area (Å²) >= 11 is 0. The summed E-state index contributed by atoms with van der Waals surface area (Å²) in [5.74, 6) is 0.220. The molecule has 8 unspecified atom stereocenters. The fraction of sp³-hybridized carbons (Fsp3) is 0.586. The molecule has 1 saturated carbocycles. The van der Waals surface area contributed by atoms with Gasteiger partial charge in [-0.2, -0.15) is 0 Å². The first-order chi connectivity index (χ1) is 16.4. The fourth-order valence-electron chi connectivity index (χ4n) is 6.37. The molecule has 34 heavy (non-hydrogen) atoms. The third-order valence-corrected chi connectivity index (χ3v) is 8.49. The van der Waals surface area contributed by atoms with E-state index in [1.165, 1.54) is 18.4 Å². The van der Waals surface area contributed by atoms with Gasteiger partial charge in [0, 0.05) is 35.8 Å². The van der Waals surface area contributed by atoms with E-state index in [1.807, 2.05) is 18.3 Å². The second-order valence-corrected chi connectivity index (χ2v) is 10.5. The number of ether oxygens (including phenoxy) is 1. The van der Waals surface area contributed by atoms with Gasteiger partial charge in [-0.1, -0.05) is 63.1 Å². The molecule has 1 saturated heterocycles. The molecule has 0 amide bonds. The van der Waals surface area contributed by atoms with Crippen molar-refractivity contribution in [3.63, 3.8) is 0 Å². The number of carboxylic acids is 1. The van der Waals surface area contributed by atoms with Crippen molar-refractivity contribution in [3.8, 4) is 0 Å². The summed E-state index contributed by atoms with van der Waals surface area (Å²) in [7, 11) is 0. The van der Waals surface area contributed by atoms with Gasteiger partial charge < -0.3 is 19.6 Å². The third-order valence-electron chi connectivity index (χ3n) is 8.49. The molecule has 0 spiro atoms. The van der Waals surface area contributed by atoms with Crippen LogP contribution in [0.4, 0.5) is 0 Å². The Morgan fingerprint density at radius 3 is 2.79 bits per heavy atom. The number of hydrogen-bond acceptors (Lipinski definition) is 4. The lowest BCUT2D eigenvalue weighted by molar-refractivity contribution is -0.315. The Bertz CT molecular complexity index is 943. The van der Waals surface area contributed by atoms with Gasteiger partial charge in [-0.15, -0.1) is 0 Å². The van der Waals surface area contributed by atoms with Crippen LogP contribution in [0.15, 0.2) is 54.3 Å². The second kappa shape index (κ2) is 10.9. The zero-order valence-corrected chi connectivity index (χ0v) is 20.6. The number of nitrogens with one attached hydrogen (secondary N) is 1. The van der Waals surface area contributed by atoms with E-state index in [-0.39, 0.29) is 29.6 Å². The predicted octanol–water partition coefficient (Wildman–Crippen LogP) is 4.74. The van der Waals surface area contributed by atoms with Gasteiger partial charge in [-0.25, -0.2) is 0 Å². The average Bonchev–Trinajstić information content (AvgIpc) is 3.53. The number of aromatic amines is 1. The standard InChI is InChI=1S/C29H39NO4/c1-4-20(24-17-34-26(16-18(24)2)19(3)29(32)33)8-5-10-22-14-13-21-9-6-11-23(21)27(22)28(31)25-12-7-15-30-25/h5,7-8,10,12-15,18-19,21-24,26-27,30H,4,6,9,11,16-17H2,1-3H3,(H,32,33)/p-1/b10-5+,20-8+. The zero-order chi connectivity index (χ0) is 24.2. The first kappa shape index (κ1) is 24.7. The van der Waals surface area contributed by atoms with Gasteiger partial charge in [-0.05, 0) is 55.6 Å². The van der Waals surface area contributed by atoms with Gasteiger partial charge in [0.05, 0.1) is 18.4 Å². The average molecular weight is 465 g/mol. The minimum Gasteiger partial charge on any atom is -0.550 e. The largest absolute Gasteiger partial charge is 0.550 e. The van der Waals surface area contributed by atoms with Crippen molar-refractivity contribution in [3.05, 3.63) is 60.0 Å². The molecule has 2 fully saturated rings. The topological polar surface area (TPSA) is 82.2 Å². The highest BCUT2D eigenvalue weighted by atomic mass is 16.5. The van der Waals surface area contributed by atoms with Gasteiger partial charge in [0.1, 0.15) is 0 Å². The summed E-state index contributed by atoms with van der Waals surface area (Å²) in [6, 6.07) is 3.78. The molecule has 8 atom stereocenters. The maximum absolute atomic E-state index is 13.4. The highest BCUT2D eigenvalue weighted by Crippen LogP contribution is 2.46. The summed E-state index contributed by atoms with van der Waals surface area (Å²) in [6.45, 7) is 6.55. The van der Waals surface area contributed by atoms with Crippen LogP contribution in [0, 0.1) is 41.4 Å². The molecule has 5 nitrogen and oxygen atoms in total.